The topological polar surface area (TPSA) is 18.5 Å². The Balaban J connectivity index is 2.14. The molecule has 0 atom stereocenters. The largest absolute Gasteiger partial charge is 0.489 e. The summed E-state index contributed by atoms with van der Waals surface area (Å²) in [7, 11) is 0. The molecule has 0 saturated carbocycles. The standard InChI is InChI=1S/C12H10O2/c1-3-9-7-10-4-2-6-14-12(10)8-11(9)13-5-1/h1-3,6-8H,4-5H2. The van der Waals surface area contributed by atoms with E-state index in [1.54, 1.807) is 6.26 Å². The van der Waals surface area contributed by atoms with Gasteiger partial charge in [0.05, 0.1) is 6.26 Å². The fourth-order valence-electron chi connectivity index (χ4n) is 1.76. The van der Waals surface area contributed by atoms with Crippen LogP contribution < -0.4 is 9.47 Å². The SMILES string of the molecule is C1=Cc2cc3c(cc2OC1)OC=CC3. The molecule has 3 rings (SSSR count). The van der Waals surface area contributed by atoms with Gasteiger partial charge in [0.2, 0.25) is 0 Å². The van der Waals surface area contributed by atoms with Gasteiger partial charge in [0.25, 0.3) is 0 Å². The van der Waals surface area contributed by atoms with Crippen molar-refractivity contribution in [2.45, 2.75) is 6.42 Å². The first-order valence-corrected chi connectivity index (χ1v) is 4.71. The van der Waals surface area contributed by atoms with Crippen LogP contribution in [-0.2, 0) is 6.42 Å². The number of hydrogen-bond donors (Lipinski definition) is 0. The van der Waals surface area contributed by atoms with Crippen LogP contribution >= 0.6 is 0 Å². The Morgan fingerprint density at radius 3 is 3.07 bits per heavy atom. The molecule has 0 bridgehead atoms. The molecule has 0 unspecified atom stereocenters. The van der Waals surface area contributed by atoms with E-state index in [-0.39, 0.29) is 0 Å². The third kappa shape index (κ3) is 1.11. The van der Waals surface area contributed by atoms with Gasteiger partial charge in [-0.1, -0.05) is 6.08 Å². The molecule has 1 aromatic rings. The molecular formula is C12H10O2. The Morgan fingerprint density at radius 2 is 2.07 bits per heavy atom. The van der Waals surface area contributed by atoms with Gasteiger partial charge in [-0.3, -0.25) is 0 Å². The lowest BCUT2D eigenvalue weighted by molar-refractivity contribution is 0.355. The van der Waals surface area contributed by atoms with Crippen molar-refractivity contribution in [2.75, 3.05) is 6.61 Å². The maximum atomic E-state index is 5.50. The fraction of sp³-hybridized carbons (Fsp3) is 0.167. The summed E-state index contributed by atoms with van der Waals surface area (Å²) in [6, 6.07) is 4.10. The van der Waals surface area contributed by atoms with E-state index < -0.39 is 0 Å². The third-order valence-corrected chi connectivity index (χ3v) is 2.45. The molecular weight excluding hydrogens is 176 g/mol. The van der Waals surface area contributed by atoms with Gasteiger partial charge in [0.15, 0.2) is 0 Å². The van der Waals surface area contributed by atoms with Crippen LogP contribution in [0.25, 0.3) is 6.08 Å². The van der Waals surface area contributed by atoms with Crippen LogP contribution in [0.15, 0.2) is 30.5 Å². The van der Waals surface area contributed by atoms with E-state index in [1.165, 1.54) is 5.56 Å². The predicted octanol–water partition coefficient (Wildman–Crippen LogP) is 2.54. The van der Waals surface area contributed by atoms with E-state index >= 15 is 0 Å². The Labute approximate surface area is 82.5 Å². The zero-order chi connectivity index (χ0) is 9.38. The van der Waals surface area contributed by atoms with Gasteiger partial charge in [-0.25, -0.2) is 0 Å². The van der Waals surface area contributed by atoms with Gasteiger partial charge in [-0.05, 0) is 30.2 Å². The third-order valence-electron chi connectivity index (χ3n) is 2.45. The molecule has 2 heteroatoms. The predicted molar refractivity (Wildman–Crippen MR) is 54.4 cm³/mol. The van der Waals surface area contributed by atoms with Crippen molar-refractivity contribution in [3.05, 3.63) is 41.7 Å². The zero-order valence-corrected chi connectivity index (χ0v) is 7.69. The van der Waals surface area contributed by atoms with Gasteiger partial charge in [-0.2, -0.15) is 0 Å². The zero-order valence-electron chi connectivity index (χ0n) is 7.69. The molecule has 0 aromatic heterocycles. The number of hydrogen-bond acceptors (Lipinski definition) is 2. The first kappa shape index (κ1) is 7.68. The van der Waals surface area contributed by atoms with Gasteiger partial charge in [0, 0.05) is 11.6 Å². The summed E-state index contributed by atoms with van der Waals surface area (Å²) >= 11 is 0. The second-order valence-electron chi connectivity index (χ2n) is 3.40. The second-order valence-corrected chi connectivity index (χ2v) is 3.40. The van der Waals surface area contributed by atoms with Crippen LogP contribution in [0, 0.1) is 0 Å². The van der Waals surface area contributed by atoms with Crippen molar-refractivity contribution in [1.29, 1.82) is 0 Å². The molecule has 0 radical (unpaired) electrons. The molecule has 0 fully saturated rings. The highest BCUT2D eigenvalue weighted by atomic mass is 16.5. The molecule has 1 aromatic carbocycles. The molecule has 2 aliphatic heterocycles. The van der Waals surface area contributed by atoms with Crippen LogP contribution in [0.1, 0.15) is 11.1 Å². The van der Waals surface area contributed by atoms with Crippen molar-refractivity contribution in [1.82, 2.24) is 0 Å². The smallest absolute Gasteiger partial charge is 0.133 e. The van der Waals surface area contributed by atoms with E-state index in [0.717, 1.165) is 23.5 Å². The number of fused-ring (bicyclic) bond motifs is 2. The van der Waals surface area contributed by atoms with Gasteiger partial charge in [-0.15, -0.1) is 0 Å². The van der Waals surface area contributed by atoms with E-state index in [2.05, 4.69) is 12.1 Å². The molecule has 2 nitrogen and oxygen atoms in total. The van der Waals surface area contributed by atoms with Gasteiger partial charge >= 0.3 is 0 Å². The maximum absolute atomic E-state index is 5.50. The quantitative estimate of drug-likeness (QED) is 0.620. The minimum Gasteiger partial charge on any atom is -0.489 e. The highest BCUT2D eigenvalue weighted by Gasteiger charge is 2.13. The summed E-state index contributed by atoms with van der Waals surface area (Å²) in [5.74, 6) is 1.84. The lowest BCUT2D eigenvalue weighted by Gasteiger charge is -2.17. The summed E-state index contributed by atoms with van der Waals surface area (Å²) in [5.41, 5.74) is 2.37. The van der Waals surface area contributed by atoms with Crippen LogP contribution in [0.5, 0.6) is 11.5 Å². The van der Waals surface area contributed by atoms with Crippen molar-refractivity contribution in [3.63, 3.8) is 0 Å². The van der Waals surface area contributed by atoms with E-state index in [9.17, 15) is 0 Å². The first-order valence-electron chi connectivity index (χ1n) is 4.71. The summed E-state index contributed by atoms with van der Waals surface area (Å²) < 4.78 is 10.9. The number of rotatable bonds is 0. The molecule has 2 aliphatic rings. The summed E-state index contributed by atoms with van der Waals surface area (Å²) in [5, 5.41) is 0. The Hall–Kier alpha value is -1.70. The number of ether oxygens (including phenoxy) is 2. The average molecular weight is 186 g/mol. The van der Waals surface area contributed by atoms with Crippen LogP contribution in [0.4, 0.5) is 0 Å². The normalized spacial score (nSPS) is 16.6. The molecule has 0 aliphatic carbocycles. The van der Waals surface area contributed by atoms with E-state index in [4.69, 9.17) is 9.47 Å². The molecule has 70 valence electrons. The summed E-state index contributed by atoms with van der Waals surface area (Å²) in [6.07, 6.45) is 8.80. The van der Waals surface area contributed by atoms with Crippen LogP contribution in [0.2, 0.25) is 0 Å². The first-order chi connectivity index (χ1) is 6.93. The summed E-state index contributed by atoms with van der Waals surface area (Å²) in [6.45, 7) is 0.654. The van der Waals surface area contributed by atoms with Crippen molar-refractivity contribution in [3.8, 4) is 11.5 Å². The molecule has 0 saturated heterocycles. The Kier molecular flexibility index (Phi) is 1.60. The molecule has 0 amide bonds. The minimum atomic E-state index is 0.654. The molecule has 0 spiro atoms. The van der Waals surface area contributed by atoms with Gasteiger partial charge in [0.1, 0.15) is 18.1 Å². The van der Waals surface area contributed by atoms with Crippen molar-refractivity contribution >= 4 is 6.08 Å². The lowest BCUT2D eigenvalue weighted by atomic mass is 10.0. The molecule has 0 N–H and O–H groups in total. The lowest BCUT2D eigenvalue weighted by Crippen LogP contribution is -2.03. The highest BCUT2D eigenvalue weighted by molar-refractivity contribution is 5.63. The molecule has 14 heavy (non-hydrogen) atoms. The average Bonchev–Trinajstić information content (AvgIpc) is 2.26. The number of allylic oxidation sites excluding steroid dienone is 1. The molecule has 2 heterocycles. The summed E-state index contributed by atoms with van der Waals surface area (Å²) in [4.78, 5) is 0. The van der Waals surface area contributed by atoms with Crippen LogP contribution in [0.3, 0.4) is 0 Å². The van der Waals surface area contributed by atoms with Crippen LogP contribution in [-0.4, -0.2) is 6.61 Å². The van der Waals surface area contributed by atoms with E-state index in [0.29, 0.717) is 6.61 Å². The van der Waals surface area contributed by atoms with Gasteiger partial charge < -0.3 is 9.47 Å². The van der Waals surface area contributed by atoms with E-state index in [1.807, 2.05) is 18.2 Å². The number of benzene rings is 1. The Bertz CT molecular complexity index is 430. The fourth-order valence-corrected chi connectivity index (χ4v) is 1.76. The monoisotopic (exact) mass is 186 g/mol. The minimum absolute atomic E-state index is 0.654. The maximum Gasteiger partial charge on any atom is 0.133 e. The second kappa shape index (κ2) is 2.91. The Morgan fingerprint density at radius 1 is 1.07 bits per heavy atom. The van der Waals surface area contributed by atoms with Crippen molar-refractivity contribution < 1.29 is 9.47 Å². The van der Waals surface area contributed by atoms with Crippen molar-refractivity contribution in [2.24, 2.45) is 0 Å². The highest BCUT2D eigenvalue weighted by Crippen LogP contribution is 2.33.